The topological polar surface area (TPSA) is 47.0 Å². The van der Waals surface area contributed by atoms with E-state index in [4.69, 9.17) is 4.74 Å². The number of hydrogen-bond acceptors (Lipinski definition) is 2. The number of H-pyrrole nitrogens is 1. The summed E-state index contributed by atoms with van der Waals surface area (Å²) in [6.45, 7) is 0.554. The molecular formula is C14H10N2O2. The zero-order valence-electron chi connectivity index (χ0n) is 9.51. The molecule has 0 atom stereocenters. The van der Waals surface area contributed by atoms with Crippen molar-refractivity contribution < 1.29 is 4.74 Å². The zero-order chi connectivity index (χ0) is 12.1. The number of hydrogen-bond donors (Lipinski definition) is 1. The molecule has 0 spiro atoms. The molecule has 4 rings (SSSR count). The molecule has 0 aliphatic carbocycles. The Balaban J connectivity index is 2.11. The Morgan fingerprint density at radius 2 is 2.11 bits per heavy atom. The highest BCUT2D eigenvalue weighted by Gasteiger charge is 2.18. The van der Waals surface area contributed by atoms with Crippen LogP contribution in [0.15, 0.2) is 47.4 Å². The van der Waals surface area contributed by atoms with Crippen LogP contribution in [0.25, 0.3) is 16.6 Å². The van der Waals surface area contributed by atoms with E-state index in [0.29, 0.717) is 6.61 Å². The van der Waals surface area contributed by atoms with E-state index >= 15 is 0 Å². The molecule has 0 saturated heterocycles. The van der Waals surface area contributed by atoms with Crippen LogP contribution in [-0.4, -0.2) is 9.55 Å². The number of benzene rings is 1. The van der Waals surface area contributed by atoms with Crippen LogP contribution in [0.2, 0.25) is 0 Å². The molecule has 3 heterocycles. The first-order valence-electron chi connectivity index (χ1n) is 5.78. The minimum Gasteiger partial charge on any atom is -0.484 e. The highest BCUT2D eigenvalue weighted by molar-refractivity contribution is 5.89. The van der Waals surface area contributed by atoms with E-state index in [1.807, 2.05) is 36.5 Å². The summed E-state index contributed by atoms with van der Waals surface area (Å²) in [5, 5.41) is 0.937. The molecule has 2 aromatic heterocycles. The van der Waals surface area contributed by atoms with Gasteiger partial charge >= 0.3 is 0 Å². The zero-order valence-corrected chi connectivity index (χ0v) is 9.51. The van der Waals surface area contributed by atoms with Crippen molar-refractivity contribution in [3.05, 3.63) is 58.6 Å². The van der Waals surface area contributed by atoms with Gasteiger partial charge in [0.05, 0.1) is 16.9 Å². The standard InChI is InChI=1S/C14H10N2O2/c17-13-6-3-10-11(15-13)4-5-12-14(10)18-8-9-2-1-7-16(9)12/h1-7H,8H2,(H,15,17). The van der Waals surface area contributed by atoms with Crippen molar-refractivity contribution in [2.24, 2.45) is 0 Å². The second-order valence-electron chi connectivity index (χ2n) is 4.36. The van der Waals surface area contributed by atoms with Crippen LogP contribution in [0.4, 0.5) is 0 Å². The summed E-state index contributed by atoms with van der Waals surface area (Å²) in [6.07, 6.45) is 2.02. The summed E-state index contributed by atoms with van der Waals surface area (Å²) in [7, 11) is 0. The van der Waals surface area contributed by atoms with E-state index in [1.165, 1.54) is 6.07 Å². The molecule has 1 aliphatic rings. The second-order valence-corrected chi connectivity index (χ2v) is 4.36. The average Bonchev–Trinajstić information content (AvgIpc) is 2.86. The number of fused-ring (bicyclic) bond motifs is 5. The van der Waals surface area contributed by atoms with Crippen molar-refractivity contribution in [1.29, 1.82) is 0 Å². The molecule has 0 amide bonds. The SMILES string of the molecule is O=c1ccc2c3c(ccc2[nH]1)-n1cccc1CO3. The van der Waals surface area contributed by atoms with E-state index in [1.54, 1.807) is 0 Å². The summed E-state index contributed by atoms with van der Waals surface area (Å²) < 4.78 is 7.93. The van der Waals surface area contributed by atoms with Gasteiger partial charge < -0.3 is 14.3 Å². The van der Waals surface area contributed by atoms with Crippen LogP contribution in [0.3, 0.4) is 0 Å². The normalized spacial score (nSPS) is 12.9. The van der Waals surface area contributed by atoms with Crippen LogP contribution < -0.4 is 10.3 Å². The van der Waals surface area contributed by atoms with Gasteiger partial charge in [0, 0.05) is 17.6 Å². The van der Waals surface area contributed by atoms with E-state index in [9.17, 15) is 4.79 Å². The van der Waals surface area contributed by atoms with Crippen molar-refractivity contribution in [3.8, 4) is 11.4 Å². The molecule has 4 heteroatoms. The van der Waals surface area contributed by atoms with Crippen LogP contribution in [-0.2, 0) is 6.61 Å². The van der Waals surface area contributed by atoms with Gasteiger partial charge in [0.2, 0.25) is 5.56 Å². The molecule has 1 aromatic carbocycles. The van der Waals surface area contributed by atoms with Gasteiger partial charge in [-0.3, -0.25) is 4.79 Å². The van der Waals surface area contributed by atoms with Gasteiger partial charge in [-0.25, -0.2) is 0 Å². The molecule has 18 heavy (non-hydrogen) atoms. The van der Waals surface area contributed by atoms with Gasteiger partial charge in [0.25, 0.3) is 0 Å². The van der Waals surface area contributed by atoms with Crippen LogP contribution in [0.1, 0.15) is 5.69 Å². The number of nitrogens with zero attached hydrogens (tertiary/aromatic N) is 1. The van der Waals surface area contributed by atoms with Gasteiger partial charge in [-0.15, -0.1) is 0 Å². The Morgan fingerprint density at radius 1 is 1.17 bits per heavy atom. The van der Waals surface area contributed by atoms with Gasteiger partial charge in [-0.05, 0) is 30.3 Å². The first kappa shape index (κ1) is 9.53. The lowest BCUT2D eigenvalue weighted by Gasteiger charge is -2.21. The molecule has 0 radical (unpaired) electrons. The number of ether oxygens (including phenoxy) is 1. The van der Waals surface area contributed by atoms with E-state index < -0.39 is 0 Å². The van der Waals surface area contributed by atoms with E-state index in [-0.39, 0.29) is 5.56 Å². The molecule has 0 unspecified atom stereocenters. The number of nitrogens with one attached hydrogen (secondary N) is 1. The van der Waals surface area contributed by atoms with E-state index in [0.717, 1.165) is 28.0 Å². The minimum atomic E-state index is -0.0973. The van der Waals surface area contributed by atoms with Crippen molar-refractivity contribution in [1.82, 2.24) is 9.55 Å². The van der Waals surface area contributed by atoms with Crippen molar-refractivity contribution in [2.75, 3.05) is 0 Å². The maximum Gasteiger partial charge on any atom is 0.248 e. The summed E-state index contributed by atoms with van der Waals surface area (Å²) in [6, 6.07) is 11.3. The van der Waals surface area contributed by atoms with E-state index in [2.05, 4.69) is 9.55 Å². The second kappa shape index (κ2) is 3.26. The fourth-order valence-electron chi connectivity index (χ4n) is 2.45. The Morgan fingerprint density at radius 3 is 3.06 bits per heavy atom. The fraction of sp³-hybridized carbons (Fsp3) is 0.0714. The highest BCUT2D eigenvalue weighted by Crippen LogP contribution is 2.35. The van der Waals surface area contributed by atoms with Crippen LogP contribution in [0.5, 0.6) is 5.75 Å². The quantitative estimate of drug-likeness (QED) is 0.652. The first-order chi connectivity index (χ1) is 8.83. The fourth-order valence-corrected chi connectivity index (χ4v) is 2.45. The largest absolute Gasteiger partial charge is 0.484 e. The third-order valence-electron chi connectivity index (χ3n) is 3.29. The molecule has 88 valence electrons. The van der Waals surface area contributed by atoms with Crippen molar-refractivity contribution in [3.63, 3.8) is 0 Å². The Bertz CT molecular complexity index is 814. The highest BCUT2D eigenvalue weighted by atomic mass is 16.5. The Hall–Kier alpha value is -2.49. The lowest BCUT2D eigenvalue weighted by Crippen LogP contribution is -2.12. The predicted octanol–water partition coefficient (Wildman–Crippen LogP) is 2.21. The smallest absolute Gasteiger partial charge is 0.248 e. The van der Waals surface area contributed by atoms with Gasteiger partial charge in [0.15, 0.2) is 5.75 Å². The third kappa shape index (κ3) is 1.17. The van der Waals surface area contributed by atoms with Crippen molar-refractivity contribution >= 4 is 10.9 Å². The Kier molecular flexibility index (Phi) is 1.73. The Labute approximate surface area is 102 Å². The molecule has 0 fully saturated rings. The van der Waals surface area contributed by atoms with Gasteiger partial charge in [-0.2, -0.15) is 0 Å². The number of aromatic amines is 1. The lowest BCUT2D eigenvalue weighted by molar-refractivity contribution is 0.289. The molecule has 1 N–H and O–H groups in total. The summed E-state index contributed by atoms with van der Waals surface area (Å²) in [5.41, 5.74) is 2.85. The molecule has 0 saturated carbocycles. The molecule has 4 nitrogen and oxygen atoms in total. The number of aromatic nitrogens is 2. The summed E-state index contributed by atoms with van der Waals surface area (Å²) in [5.74, 6) is 0.826. The van der Waals surface area contributed by atoms with Gasteiger partial charge in [-0.1, -0.05) is 0 Å². The van der Waals surface area contributed by atoms with Crippen LogP contribution in [0, 0.1) is 0 Å². The molecular weight excluding hydrogens is 228 g/mol. The maximum absolute atomic E-state index is 11.3. The summed E-state index contributed by atoms with van der Waals surface area (Å²) in [4.78, 5) is 14.1. The monoisotopic (exact) mass is 238 g/mol. The number of rotatable bonds is 0. The van der Waals surface area contributed by atoms with Crippen LogP contribution >= 0.6 is 0 Å². The molecule has 0 bridgehead atoms. The first-order valence-corrected chi connectivity index (χ1v) is 5.78. The summed E-state index contributed by atoms with van der Waals surface area (Å²) >= 11 is 0. The molecule has 3 aromatic rings. The van der Waals surface area contributed by atoms with Crippen molar-refractivity contribution in [2.45, 2.75) is 6.61 Å². The van der Waals surface area contributed by atoms with Gasteiger partial charge in [0.1, 0.15) is 6.61 Å². The number of pyridine rings is 1. The maximum atomic E-state index is 11.3. The predicted molar refractivity (Wildman–Crippen MR) is 68.2 cm³/mol. The third-order valence-corrected chi connectivity index (χ3v) is 3.29. The lowest BCUT2D eigenvalue weighted by atomic mass is 10.1. The minimum absolute atomic E-state index is 0.0973. The molecule has 1 aliphatic heterocycles. The average molecular weight is 238 g/mol.